The summed E-state index contributed by atoms with van der Waals surface area (Å²) in [5, 5.41) is 13.2. The largest absolute Gasteiger partial charge is 0.341 e. The maximum absolute atomic E-state index is 12.3. The average Bonchev–Trinajstić information content (AvgIpc) is 3.26. The Hall–Kier alpha value is -1.77. The molecule has 0 aliphatic heterocycles. The lowest BCUT2D eigenvalue weighted by molar-refractivity contribution is -0.130. The van der Waals surface area contributed by atoms with E-state index < -0.39 is 0 Å². The van der Waals surface area contributed by atoms with E-state index in [0.29, 0.717) is 24.3 Å². The van der Waals surface area contributed by atoms with Gasteiger partial charge in [-0.05, 0) is 46.1 Å². The summed E-state index contributed by atoms with van der Waals surface area (Å²) in [5.74, 6) is 0.884. The summed E-state index contributed by atoms with van der Waals surface area (Å²) in [6, 6.07) is 6.01. The first-order valence-corrected chi connectivity index (χ1v) is 9.32. The summed E-state index contributed by atoms with van der Waals surface area (Å²) < 4.78 is 2.43. The number of aromatic amines is 1. The van der Waals surface area contributed by atoms with Gasteiger partial charge in [-0.25, -0.2) is 0 Å². The van der Waals surface area contributed by atoms with Crippen LogP contribution in [-0.4, -0.2) is 32.6 Å². The van der Waals surface area contributed by atoms with Crippen molar-refractivity contribution in [2.75, 3.05) is 7.05 Å². The minimum absolute atomic E-state index is 0.0939. The topological polar surface area (TPSA) is 53.9 Å². The molecule has 3 rings (SSSR count). The fraction of sp³-hybridized carbons (Fsp3) is 0.267. The number of carbonyl (C=O) groups is 1. The first kappa shape index (κ1) is 16.1. The molecule has 120 valence electrons. The molecule has 3 heterocycles. The van der Waals surface area contributed by atoms with Crippen LogP contribution >= 0.6 is 34.9 Å². The zero-order chi connectivity index (χ0) is 16.2. The quantitative estimate of drug-likeness (QED) is 0.677. The Kier molecular flexibility index (Phi) is 5.04. The van der Waals surface area contributed by atoms with Gasteiger partial charge in [0.25, 0.3) is 0 Å². The van der Waals surface area contributed by atoms with E-state index in [1.54, 1.807) is 27.6 Å². The molecule has 0 radical (unpaired) electrons. The van der Waals surface area contributed by atoms with Gasteiger partial charge in [-0.1, -0.05) is 6.07 Å². The van der Waals surface area contributed by atoms with Crippen LogP contribution in [0.15, 0.2) is 34.3 Å². The molecule has 1 N–H and O–H groups in total. The van der Waals surface area contributed by atoms with E-state index in [-0.39, 0.29) is 5.91 Å². The van der Waals surface area contributed by atoms with E-state index in [1.807, 2.05) is 40.6 Å². The van der Waals surface area contributed by atoms with Gasteiger partial charge in [-0.3, -0.25) is 14.5 Å². The van der Waals surface area contributed by atoms with Gasteiger partial charge in [0.15, 0.2) is 10.6 Å². The predicted octanol–water partition coefficient (Wildman–Crippen LogP) is 3.78. The number of H-pyrrole nitrogens is 1. The molecule has 0 aliphatic rings. The van der Waals surface area contributed by atoms with Crippen molar-refractivity contribution in [3.05, 3.63) is 44.7 Å². The Balaban J connectivity index is 1.65. The zero-order valence-corrected chi connectivity index (χ0v) is 15.0. The number of aromatic nitrogens is 3. The highest BCUT2D eigenvalue weighted by atomic mass is 32.1. The third kappa shape index (κ3) is 3.77. The molecule has 0 saturated carbocycles. The standard InChI is InChI=1S/C15H16N4OS3/c1-18(9-11-5-8-22-10-11)13(20)4-6-19-14(16-17-15(19)21)12-3-2-7-23-12/h2-3,5,7-8,10H,4,6,9H2,1H3,(H,17,21). The molecular weight excluding hydrogens is 348 g/mol. The molecule has 0 unspecified atom stereocenters. The lowest BCUT2D eigenvalue weighted by Crippen LogP contribution is -2.27. The van der Waals surface area contributed by atoms with Crippen molar-refractivity contribution in [2.45, 2.75) is 19.5 Å². The maximum atomic E-state index is 12.3. The summed E-state index contributed by atoms with van der Waals surface area (Å²) >= 11 is 8.53. The molecule has 8 heteroatoms. The number of amides is 1. The second-order valence-corrected chi connectivity index (χ2v) is 7.23. The Morgan fingerprint density at radius 2 is 2.30 bits per heavy atom. The van der Waals surface area contributed by atoms with Gasteiger partial charge < -0.3 is 4.90 Å². The zero-order valence-electron chi connectivity index (χ0n) is 12.6. The molecule has 0 spiro atoms. The average molecular weight is 365 g/mol. The minimum Gasteiger partial charge on any atom is -0.341 e. The third-order valence-corrected chi connectivity index (χ3v) is 5.38. The lowest BCUT2D eigenvalue weighted by Gasteiger charge is -2.16. The molecule has 5 nitrogen and oxygen atoms in total. The van der Waals surface area contributed by atoms with Crippen LogP contribution in [0.3, 0.4) is 0 Å². The molecule has 0 saturated heterocycles. The Morgan fingerprint density at radius 1 is 1.43 bits per heavy atom. The SMILES string of the molecule is CN(Cc1ccsc1)C(=O)CCn1c(-c2cccs2)n[nH]c1=S. The van der Waals surface area contributed by atoms with Crippen molar-refractivity contribution in [3.63, 3.8) is 0 Å². The summed E-state index contributed by atoms with van der Waals surface area (Å²) in [5.41, 5.74) is 1.16. The van der Waals surface area contributed by atoms with Gasteiger partial charge in [0.05, 0.1) is 4.88 Å². The number of rotatable bonds is 6. The number of nitrogens with one attached hydrogen (secondary N) is 1. The molecule has 23 heavy (non-hydrogen) atoms. The van der Waals surface area contributed by atoms with Gasteiger partial charge in [-0.2, -0.15) is 16.4 Å². The second kappa shape index (κ2) is 7.20. The Bertz CT molecular complexity index is 817. The molecule has 0 aliphatic carbocycles. The number of nitrogens with zero attached hydrogens (tertiary/aromatic N) is 3. The van der Waals surface area contributed by atoms with Gasteiger partial charge in [0.2, 0.25) is 5.91 Å². The van der Waals surface area contributed by atoms with Crippen molar-refractivity contribution in [1.29, 1.82) is 0 Å². The normalized spacial score (nSPS) is 10.8. The lowest BCUT2D eigenvalue weighted by atomic mass is 10.3. The first-order chi connectivity index (χ1) is 11.1. The summed E-state index contributed by atoms with van der Waals surface area (Å²) in [6.07, 6.45) is 0.396. The van der Waals surface area contributed by atoms with E-state index in [1.165, 1.54) is 0 Å². The monoisotopic (exact) mass is 364 g/mol. The molecule has 0 aromatic carbocycles. The third-order valence-electron chi connectivity index (χ3n) is 3.47. The second-order valence-electron chi connectivity index (χ2n) is 5.11. The highest BCUT2D eigenvalue weighted by Crippen LogP contribution is 2.23. The van der Waals surface area contributed by atoms with Gasteiger partial charge in [0.1, 0.15) is 0 Å². The van der Waals surface area contributed by atoms with E-state index in [0.717, 1.165) is 16.3 Å². The number of hydrogen-bond donors (Lipinski definition) is 1. The molecule has 3 aromatic rings. The highest BCUT2D eigenvalue weighted by Gasteiger charge is 2.14. The highest BCUT2D eigenvalue weighted by molar-refractivity contribution is 7.71. The predicted molar refractivity (Wildman–Crippen MR) is 96.1 cm³/mol. The van der Waals surface area contributed by atoms with Gasteiger partial charge >= 0.3 is 0 Å². The van der Waals surface area contributed by atoms with Crippen LogP contribution in [0.2, 0.25) is 0 Å². The Morgan fingerprint density at radius 3 is 3.00 bits per heavy atom. The summed E-state index contributed by atoms with van der Waals surface area (Å²) in [7, 11) is 1.83. The van der Waals surface area contributed by atoms with Crippen LogP contribution in [0.25, 0.3) is 10.7 Å². The molecular formula is C15H16N4OS3. The van der Waals surface area contributed by atoms with Crippen LogP contribution < -0.4 is 0 Å². The molecule has 1 amide bonds. The smallest absolute Gasteiger partial charge is 0.224 e. The molecule has 0 bridgehead atoms. The van der Waals surface area contributed by atoms with Gasteiger partial charge in [-0.15, -0.1) is 11.3 Å². The molecule has 0 atom stereocenters. The van der Waals surface area contributed by atoms with Crippen LogP contribution in [0.5, 0.6) is 0 Å². The first-order valence-electron chi connectivity index (χ1n) is 7.09. The van der Waals surface area contributed by atoms with Crippen molar-refractivity contribution in [2.24, 2.45) is 0 Å². The number of thiophene rings is 2. The minimum atomic E-state index is 0.0939. The van der Waals surface area contributed by atoms with Crippen molar-refractivity contribution in [3.8, 4) is 10.7 Å². The van der Waals surface area contributed by atoms with Crippen molar-refractivity contribution >= 4 is 40.8 Å². The Labute approximate surface area is 147 Å². The van der Waals surface area contributed by atoms with E-state index >= 15 is 0 Å². The fourth-order valence-corrected chi connectivity index (χ4v) is 3.87. The van der Waals surface area contributed by atoms with E-state index in [9.17, 15) is 4.79 Å². The van der Waals surface area contributed by atoms with Gasteiger partial charge in [0, 0.05) is 26.6 Å². The van der Waals surface area contributed by atoms with Crippen molar-refractivity contribution < 1.29 is 4.79 Å². The molecule has 0 fully saturated rings. The van der Waals surface area contributed by atoms with E-state index in [2.05, 4.69) is 15.6 Å². The van der Waals surface area contributed by atoms with Crippen LogP contribution in [0.4, 0.5) is 0 Å². The van der Waals surface area contributed by atoms with Crippen molar-refractivity contribution in [1.82, 2.24) is 19.7 Å². The van der Waals surface area contributed by atoms with Crippen LogP contribution in [0.1, 0.15) is 12.0 Å². The van der Waals surface area contributed by atoms with Crippen LogP contribution in [0, 0.1) is 4.77 Å². The van der Waals surface area contributed by atoms with E-state index in [4.69, 9.17) is 12.2 Å². The number of hydrogen-bond acceptors (Lipinski definition) is 5. The molecule has 3 aromatic heterocycles. The fourth-order valence-electron chi connectivity index (χ4n) is 2.26. The summed E-state index contributed by atoms with van der Waals surface area (Å²) in [6.45, 7) is 1.16. The number of carbonyl (C=O) groups excluding carboxylic acids is 1. The van der Waals surface area contributed by atoms with Crippen LogP contribution in [-0.2, 0) is 17.9 Å². The summed E-state index contributed by atoms with van der Waals surface area (Å²) in [4.78, 5) is 15.1. The maximum Gasteiger partial charge on any atom is 0.224 e.